The molecule has 2 unspecified atom stereocenters. The number of alkyl halides is 1. The number of halogens is 1. The van der Waals surface area contributed by atoms with E-state index < -0.39 is 24.2 Å². The normalized spacial score (nSPS) is 24.6. The monoisotopic (exact) mass is 441 g/mol. The van der Waals surface area contributed by atoms with Crippen LogP contribution in [0.4, 0.5) is 5.69 Å². The van der Waals surface area contributed by atoms with E-state index in [1.54, 1.807) is 12.3 Å². The molecular weight excluding hydrogens is 414 g/mol. The molecule has 2 aliphatic rings. The Morgan fingerprint density at radius 3 is 2.87 bits per heavy atom. The Bertz CT molecular complexity index is 699. The van der Waals surface area contributed by atoms with Crippen LogP contribution in [0.25, 0.3) is 0 Å². The minimum Gasteiger partial charge on any atom is -0.490 e. The van der Waals surface area contributed by atoms with Gasteiger partial charge in [-0.05, 0) is 0 Å². The van der Waals surface area contributed by atoms with Crippen molar-refractivity contribution in [2.75, 3.05) is 57.9 Å². The summed E-state index contributed by atoms with van der Waals surface area (Å²) < 4.78 is 11.2. The largest absolute Gasteiger partial charge is 0.490 e. The van der Waals surface area contributed by atoms with Crippen molar-refractivity contribution in [3.05, 3.63) is 23.4 Å². The fourth-order valence-electron chi connectivity index (χ4n) is 3.40. The predicted molar refractivity (Wildman–Crippen MR) is 112 cm³/mol. The summed E-state index contributed by atoms with van der Waals surface area (Å²) in [5.41, 5.74) is 6.22. The van der Waals surface area contributed by atoms with E-state index in [9.17, 15) is 9.70 Å². The topological polar surface area (TPSA) is 143 Å². The van der Waals surface area contributed by atoms with E-state index in [1.807, 2.05) is 0 Å². The number of amides is 1. The minimum atomic E-state index is -1.23. The van der Waals surface area contributed by atoms with Crippen molar-refractivity contribution in [1.29, 1.82) is 0 Å². The highest BCUT2D eigenvalue weighted by Crippen LogP contribution is 2.24. The van der Waals surface area contributed by atoms with Crippen LogP contribution in [-0.2, 0) is 9.53 Å². The Kier molecular flexibility index (Phi) is 8.73. The Balaban J connectivity index is 1.61. The zero-order valence-corrected chi connectivity index (χ0v) is 17.4. The second kappa shape index (κ2) is 11.5. The summed E-state index contributed by atoms with van der Waals surface area (Å²) in [7, 11) is 0. The van der Waals surface area contributed by atoms with E-state index >= 15 is 0 Å². The fraction of sp³-hybridized carbons (Fsp3) is 0.667. The Hall–Kier alpha value is -1.89. The first-order chi connectivity index (χ1) is 14.6. The second-order valence-electron chi connectivity index (χ2n) is 7.18. The zero-order valence-electron chi connectivity index (χ0n) is 16.6. The molecule has 5 N–H and O–H groups in total. The molecule has 166 valence electrons. The molecule has 2 saturated heterocycles. The number of hydrogen-bond donors (Lipinski definition) is 4. The summed E-state index contributed by atoms with van der Waals surface area (Å²) in [6, 6.07) is 1.68. The number of anilines is 1. The Morgan fingerprint density at radius 2 is 2.17 bits per heavy atom. The van der Waals surface area contributed by atoms with Crippen LogP contribution in [-0.4, -0.2) is 86.0 Å². The average Bonchev–Trinajstić information content (AvgIpc) is 2.77. The number of carbonyl (C=O) groups excluding carboxylic acids is 1. The van der Waals surface area contributed by atoms with Gasteiger partial charge in [0.1, 0.15) is 24.0 Å². The first-order valence-electron chi connectivity index (χ1n) is 9.95. The summed E-state index contributed by atoms with van der Waals surface area (Å²) >= 11 is 6.06. The molecule has 2 fully saturated rings. The molecule has 1 aromatic heterocycles. The lowest BCUT2D eigenvalue weighted by Crippen LogP contribution is -2.62. The number of aromatic nitrogens is 1. The molecule has 12 heteroatoms. The molecule has 2 aliphatic heterocycles. The Morgan fingerprint density at radius 1 is 1.43 bits per heavy atom. The van der Waals surface area contributed by atoms with Crippen LogP contribution >= 0.6 is 11.6 Å². The number of carbonyl (C=O) groups is 1. The molecule has 0 aromatic carbocycles. The number of nitrogens with zero attached hydrogens (tertiary/aromatic N) is 3. The lowest BCUT2D eigenvalue weighted by Gasteiger charge is -2.34. The van der Waals surface area contributed by atoms with Gasteiger partial charge in [-0.1, -0.05) is 5.18 Å². The average molecular weight is 442 g/mol. The number of pyridine rings is 1. The number of rotatable bonds is 9. The van der Waals surface area contributed by atoms with Crippen LogP contribution in [0.2, 0.25) is 0 Å². The molecule has 0 bridgehead atoms. The highest BCUT2D eigenvalue weighted by molar-refractivity contribution is 6.21. The SMILES string of the molecule is NC(N=O)C(C(=O)Nc1cnccc1OCCN1CCOCC1)C1NCC(Cl)CN1. The van der Waals surface area contributed by atoms with Crippen molar-refractivity contribution >= 4 is 23.2 Å². The standard InChI is InChI=1S/C18H28ClN7O4/c19-12-9-22-17(23-10-12)15(16(20)25-28)18(27)24-13-11-21-2-1-14(13)30-8-5-26-3-6-29-7-4-26/h1-2,11-12,15-17,22-23H,3-10,20H2,(H,24,27). The summed E-state index contributed by atoms with van der Waals surface area (Å²) in [4.78, 5) is 30.3. The van der Waals surface area contributed by atoms with Crippen LogP contribution < -0.4 is 26.4 Å². The van der Waals surface area contributed by atoms with Crippen molar-refractivity contribution in [2.45, 2.75) is 17.7 Å². The number of hydrogen-bond acceptors (Lipinski definition) is 10. The minimum absolute atomic E-state index is 0.116. The number of nitroso groups, excluding NO2 is 1. The number of ether oxygens (including phenoxy) is 2. The first-order valence-corrected chi connectivity index (χ1v) is 10.4. The highest BCUT2D eigenvalue weighted by atomic mass is 35.5. The molecule has 1 aromatic rings. The van der Waals surface area contributed by atoms with Gasteiger partial charge < -0.3 is 20.5 Å². The molecule has 0 radical (unpaired) electrons. The molecule has 30 heavy (non-hydrogen) atoms. The lowest BCUT2D eigenvalue weighted by atomic mass is 10.00. The molecule has 3 heterocycles. The quantitative estimate of drug-likeness (QED) is 0.295. The van der Waals surface area contributed by atoms with Gasteiger partial charge in [0.05, 0.1) is 31.0 Å². The van der Waals surface area contributed by atoms with Crippen LogP contribution in [0.3, 0.4) is 0 Å². The van der Waals surface area contributed by atoms with E-state index in [0.29, 0.717) is 31.1 Å². The van der Waals surface area contributed by atoms with Crippen molar-refractivity contribution in [3.8, 4) is 5.75 Å². The molecule has 11 nitrogen and oxygen atoms in total. The Labute approximate surface area is 180 Å². The van der Waals surface area contributed by atoms with Crippen molar-refractivity contribution in [3.63, 3.8) is 0 Å². The molecule has 3 rings (SSSR count). The summed E-state index contributed by atoms with van der Waals surface area (Å²) in [5.74, 6) is -0.914. The van der Waals surface area contributed by atoms with Crippen LogP contribution in [0.5, 0.6) is 5.75 Å². The van der Waals surface area contributed by atoms with Gasteiger partial charge in [-0.25, -0.2) is 0 Å². The zero-order chi connectivity index (χ0) is 21.3. The number of morpholine rings is 1. The number of nitrogens with one attached hydrogen (secondary N) is 3. The fourth-order valence-corrected chi connectivity index (χ4v) is 3.58. The molecule has 0 aliphatic carbocycles. The van der Waals surface area contributed by atoms with Gasteiger partial charge in [0, 0.05) is 45.0 Å². The molecular formula is C18H28ClN7O4. The molecule has 2 atom stereocenters. The highest BCUT2D eigenvalue weighted by Gasteiger charge is 2.37. The van der Waals surface area contributed by atoms with Gasteiger partial charge in [0.2, 0.25) is 5.91 Å². The predicted octanol–water partition coefficient (Wildman–Crippen LogP) is -0.475. The summed E-state index contributed by atoms with van der Waals surface area (Å²) in [6.07, 6.45) is 1.32. The van der Waals surface area contributed by atoms with Crippen molar-refractivity contribution in [1.82, 2.24) is 20.5 Å². The van der Waals surface area contributed by atoms with Crippen molar-refractivity contribution < 1.29 is 14.3 Å². The van der Waals surface area contributed by atoms with Crippen LogP contribution in [0.15, 0.2) is 23.6 Å². The van der Waals surface area contributed by atoms with Gasteiger partial charge in [-0.15, -0.1) is 16.5 Å². The second-order valence-corrected chi connectivity index (χ2v) is 7.79. The van der Waals surface area contributed by atoms with Gasteiger partial charge in [0.15, 0.2) is 6.17 Å². The molecule has 1 amide bonds. The molecule has 0 saturated carbocycles. The van der Waals surface area contributed by atoms with Crippen LogP contribution in [0, 0.1) is 10.8 Å². The van der Waals surface area contributed by atoms with Gasteiger partial charge in [-0.3, -0.25) is 25.3 Å². The summed E-state index contributed by atoms with van der Waals surface area (Å²) in [5, 5.41) is 11.7. The smallest absolute Gasteiger partial charge is 0.234 e. The van der Waals surface area contributed by atoms with E-state index in [4.69, 9.17) is 26.8 Å². The summed E-state index contributed by atoms with van der Waals surface area (Å²) in [6.45, 7) is 5.34. The van der Waals surface area contributed by atoms with E-state index in [1.165, 1.54) is 6.20 Å². The van der Waals surface area contributed by atoms with Gasteiger partial charge in [-0.2, -0.15) is 0 Å². The maximum Gasteiger partial charge on any atom is 0.234 e. The van der Waals surface area contributed by atoms with Gasteiger partial charge >= 0.3 is 0 Å². The molecule has 0 spiro atoms. The van der Waals surface area contributed by atoms with Crippen LogP contribution in [0.1, 0.15) is 0 Å². The third-order valence-electron chi connectivity index (χ3n) is 5.08. The third-order valence-corrected chi connectivity index (χ3v) is 5.39. The van der Waals surface area contributed by atoms with E-state index in [-0.39, 0.29) is 5.38 Å². The van der Waals surface area contributed by atoms with Crippen molar-refractivity contribution in [2.24, 2.45) is 16.8 Å². The maximum absolute atomic E-state index is 13.0. The van der Waals surface area contributed by atoms with E-state index in [2.05, 4.69) is 31.0 Å². The first kappa shape index (κ1) is 22.8. The van der Waals surface area contributed by atoms with Gasteiger partial charge in [0.25, 0.3) is 0 Å². The maximum atomic E-state index is 13.0. The van der Waals surface area contributed by atoms with E-state index in [0.717, 1.165) is 32.8 Å². The number of nitrogens with two attached hydrogens (primary N) is 1. The third kappa shape index (κ3) is 6.30. The lowest BCUT2D eigenvalue weighted by molar-refractivity contribution is -0.121.